The van der Waals surface area contributed by atoms with Gasteiger partial charge in [-0.05, 0) is 43.5 Å². The number of allylic oxidation sites excluding steroid dienone is 1. The van der Waals surface area contributed by atoms with Gasteiger partial charge in [0, 0.05) is 23.5 Å². The minimum atomic E-state index is -1.15. The van der Waals surface area contributed by atoms with Crippen LogP contribution in [0.4, 0.5) is 0 Å². The molecule has 0 saturated heterocycles. The zero-order valence-corrected chi connectivity index (χ0v) is 16.9. The molecule has 154 valence electrons. The average molecular weight is 418 g/mol. The van der Waals surface area contributed by atoms with Crippen LogP contribution in [0.3, 0.4) is 0 Å². The van der Waals surface area contributed by atoms with Gasteiger partial charge in [-0.25, -0.2) is 4.79 Å². The van der Waals surface area contributed by atoms with Crippen LogP contribution in [0.25, 0.3) is 0 Å². The van der Waals surface area contributed by atoms with Crippen molar-refractivity contribution in [3.05, 3.63) is 81.4 Å². The second-order valence-electron chi connectivity index (χ2n) is 6.66. The SMILES string of the molecule is C=C(C)NCCCC(NC(=O)c1cccn(Cc2ccccc2Cl)c1=O)C(=O)O. The summed E-state index contributed by atoms with van der Waals surface area (Å²) in [6.07, 6.45) is 2.30. The Bertz CT molecular complexity index is 955. The van der Waals surface area contributed by atoms with E-state index in [1.807, 2.05) is 6.07 Å². The first kappa shape index (κ1) is 22.2. The number of carbonyl (C=O) groups is 2. The van der Waals surface area contributed by atoms with Gasteiger partial charge in [0.1, 0.15) is 11.6 Å². The Morgan fingerprint density at radius 2 is 1.97 bits per heavy atom. The molecule has 0 aliphatic carbocycles. The summed E-state index contributed by atoms with van der Waals surface area (Å²) in [7, 11) is 0. The van der Waals surface area contributed by atoms with Crippen LogP contribution in [-0.2, 0) is 11.3 Å². The van der Waals surface area contributed by atoms with Crippen molar-refractivity contribution >= 4 is 23.5 Å². The van der Waals surface area contributed by atoms with Crippen LogP contribution in [0.1, 0.15) is 35.7 Å². The molecular weight excluding hydrogens is 394 g/mol. The Morgan fingerprint density at radius 1 is 1.24 bits per heavy atom. The molecule has 8 heteroatoms. The van der Waals surface area contributed by atoms with Gasteiger partial charge in [0.2, 0.25) is 0 Å². The van der Waals surface area contributed by atoms with Crippen LogP contribution in [0, 0.1) is 0 Å². The first-order chi connectivity index (χ1) is 13.8. The molecule has 2 aromatic rings. The fourth-order valence-corrected chi connectivity index (χ4v) is 2.94. The highest BCUT2D eigenvalue weighted by Gasteiger charge is 2.22. The highest BCUT2D eigenvalue weighted by Crippen LogP contribution is 2.15. The molecule has 0 radical (unpaired) electrons. The van der Waals surface area contributed by atoms with Crippen LogP contribution >= 0.6 is 11.6 Å². The van der Waals surface area contributed by atoms with Crippen molar-refractivity contribution < 1.29 is 14.7 Å². The van der Waals surface area contributed by atoms with Crippen molar-refractivity contribution in [3.8, 4) is 0 Å². The molecule has 0 spiro atoms. The minimum absolute atomic E-state index is 0.120. The molecule has 1 aromatic heterocycles. The minimum Gasteiger partial charge on any atom is -0.480 e. The first-order valence-electron chi connectivity index (χ1n) is 9.15. The number of aliphatic carboxylic acids is 1. The third-order valence-electron chi connectivity index (χ3n) is 4.26. The summed E-state index contributed by atoms with van der Waals surface area (Å²) in [4.78, 5) is 36.7. The largest absolute Gasteiger partial charge is 0.480 e. The topological polar surface area (TPSA) is 100 Å². The lowest BCUT2D eigenvalue weighted by molar-refractivity contribution is -0.139. The molecule has 2 rings (SSSR count). The summed E-state index contributed by atoms with van der Waals surface area (Å²) in [6, 6.07) is 8.96. The predicted octanol–water partition coefficient (Wildman–Crippen LogP) is 2.64. The number of hydrogen-bond acceptors (Lipinski definition) is 4. The average Bonchev–Trinajstić information content (AvgIpc) is 2.67. The van der Waals surface area contributed by atoms with E-state index in [1.165, 1.54) is 10.6 Å². The standard InChI is InChI=1S/C21H24ClN3O4/c1-14(2)23-11-5-10-18(21(28)29)24-19(26)16-8-6-12-25(20(16)27)13-15-7-3-4-9-17(15)22/h3-4,6-9,12,18,23H,1,5,10-11,13H2,2H3,(H,24,26)(H,28,29). The number of carboxylic acids is 1. The molecule has 29 heavy (non-hydrogen) atoms. The Kier molecular flexibility index (Phi) is 8.03. The van der Waals surface area contributed by atoms with Gasteiger partial charge in [-0.3, -0.25) is 9.59 Å². The van der Waals surface area contributed by atoms with Gasteiger partial charge in [-0.15, -0.1) is 0 Å². The zero-order valence-electron chi connectivity index (χ0n) is 16.2. The Morgan fingerprint density at radius 3 is 2.62 bits per heavy atom. The van der Waals surface area contributed by atoms with E-state index >= 15 is 0 Å². The Balaban J connectivity index is 2.11. The van der Waals surface area contributed by atoms with Crippen molar-refractivity contribution in [3.63, 3.8) is 0 Å². The first-order valence-corrected chi connectivity index (χ1v) is 9.53. The number of rotatable bonds is 10. The number of amides is 1. The van der Waals surface area contributed by atoms with Gasteiger partial charge in [0.25, 0.3) is 11.5 Å². The van der Waals surface area contributed by atoms with E-state index in [-0.39, 0.29) is 18.5 Å². The lowest BCUT2D eigenvalue weighted by atomic mass is 10.1. The third kappa shape index (κ3) is 6.50. The maximum atomic E-state index is 12.7. The van der Waals surface area contributed by atoms with Crippen molar-refractivity contribution in [2.45, 2.75) is 32.4 Å². The number of benzene rings is 1. The maximum absolute atomic E-state index is 12.7. The van der Waals surface area contributed by atoms with Crippen LogP contribution in [0.5, 0.6) is 0 Å². The molecule has 1 atom stereocenters. The highest BCUT2D eigenvalue weighted by atomic mass is 35.5. The quantitative estimate of drug-likeness (QED) is 0.516. The maximum Gasteiger partial charge on any atom is 0.326 e. The number of halogens is 1. The van der Waals surface area contributed by atoms with Crippen LogP contribution < -0.4 is 16.2 Å². The van der Waals surface area contributed by atoms with Crippen molar-refractivity contribution in [2.75, 3.05) is 6.54 Å². The van der Waals surface area contributed by atoms with Crippen LogP contribution in [0.2, 0.25) is 5.02 Å². The molecular formula is C21H24ClN3O4. The summed E-state index contributed by atoms with van der Waals surface area (Å²) >= 11 is 6.14. The molecule has 0 fully saturated rings. The normalized spacial score (nSPS) is 11.5. The molecule has 7 nitrogen and oxygen atoms in total. The number of carboxylic acid groups (broad SMARTS) is 1. The molecule has 3 N–H and O–H groups in total. The lowest BCUT2D eigenvalue weighted by Gasteiger charge is -2.15. The molecule has 1 aromatic carbocycles. The van der Waals surface area contributed by atoms with Gasteiger partial charge in [0.05, 0.1) is 6.54 Å². The fraction of sp³-hybridized carbons (Fsp3) is 0.286. The van der Waals surface area contributed by atoms with Crippen LogP contribution in [0.15, 0.2) is 59.7 Å². The predicted molar refractivity (Wildman–Crippen MR) is 112 cm³/mol. The number of pyridine rings is 1. The molecule has 0 aliphatic rings. The zero-order chi connectivity index (χ0) is 21.4. The van der Waals surface area contributed by atoms with E-state index in [2.05, 4.69) is 17.2 Å². The molecule has 1 heterocycles. The van der Waals surface area contributed by atoms with Gasteiger partial charge in [-0.2, -0.15) is 0 Å². The molecule has 0 aliphatic heterocycles. The van der Waals surface area contributed by atoms with Crippen LogP contribution in [-0.4, -0.2) is 34.1 Å². The molecule has 1 unspecified atom stereocenters. The fourth-order valence-electron chi connectivity index (χ4n) is 2.75. The summed E-state index contributed by atoms with van der Waals surface area (Å²) in [5.41, 5.74) is 0.885. The van der Waals surface area contributed by atoms with Crippen molar-refractivity contribution in [1.82, 2.24) is 15.2 Å². The van der Waals surface area contributed by atoms with Crippen molar-refractivity contribution in [2.24, 2.45) is 0 Å². The number of nitrogens with zero attached hydrogens (tertiary/aromatic N) is 1. The van der Waals surface area contributed by atoms with Gasteiger partial charge < -0.3 is 20.3 Å². The Hall–Kier alpha value is -3.06. The van der Waals surface area contributed by atoms with E-state index in [1.54, 1.807) is 37.4 Å². The summed E-state index contributed by atoms with van der Waals surface area (Å²) in [5, 5.41) is 15.3. The summed E-state index contributed by atoms with van der Waals surface area (Å²) < 4.78 is 1.36. The number of hydrogen-bond donors (Lipinski definition) is 3. The number of aromatic nitrogens is 1. The third-order valence-corrected chi connectivity index (χ3v) is 4.63. The monoisotopic (exact) mass is 417 g/mol. The van der Waals surface area contributed by atoms with E-state index in [0.717, 1.165) is 11.3 Å². The Labute approximate surface area is 174 Å². The van der Waals surface area contributed by atoms with Gasteiger partial charge in [-0.1, -0.05) is 36.4 Å². The van der Waals surface area contributed by atoms with Crippen molar-refractivity contribution in [1.29, 1.82) is 0 Å². The molecule has 0 saturated carbocycles. The van der Waals surface area contributed by atoms with E-state index in [4.69, 9.17) is 11.6 Å². The summed E-state index contributed by atoms with van der Waals surface area (Å²) in [5.74, 6) is -1.87. The van der Waals surface area contributed by atoms with E-state index < -0.39 is 23.5 Å². The number of carbonyl (C=O) groups excluding carboxylic acids is 1. The molecule has 1 amide bonds. The van der Waals surface area contributed by atoms with Gasteiger partial charge in [0.15, 0.2) is 0 Å². The lowest BCUT2D eigenvalue weighted by Crippen LogP contribution is -2.43. The second-order valence-corrected chi connectivity index (χ2v) is 7.07. The summed E-state index contributed by atoms with van der Waals surface area (Å²) in [6.45, 7) is 6.26. The smallest absolute Gasteiger partial charge is 0.326 e. The highest BCUT2D eigenvalue weighted by molar-refractivity contribution is 6.31. The van der Waals surface area contributed by atoms with E-state index in [9.17, 15) is 19.5 Å². The second kappa shape index (κ2) is 10.5. The number of nitrogens with one attached hydrogen (secondary N) is 2. The van der Waals surface area contributed by atoms with E-state index in [0.29, 0.717) is 18.0 Å². The van der Waals surface area contributed by atoms with Gasteiger partial charge >= 0.3 is 5.97 Å². The molecule has 0 bridgehead atoms.